The number of carbonyl (C=O) groups excluding carboxylic acids is 1. The third kappa shape index (κ3) is 3.19. The van der Waals surface area contributed by atoms with Crippen LogP contribution in [0.1, 0.15) is 27.7 Å². The average molecular weight is 376 g/mol. The molecule has 0 saturated carbocycles. The Morgan fingerprint density at radius 3 is 2.76 bits per heavy atom. The number of aromatic nitrogens is 2. The number of hydrogen-bond donors (Lipinski definition) is 0. The molecule has 2 heterocycles. The Hall–Kier alpha value is -2.18. The Labute approximate surface area is 154 Å². The van der Waals surface area contributed by atoms with Crippen LogP contribution < -0.4 is 5.56 Å². The van der Waals surface area contributed by atoms with E-state index in [2.05, 4.69) is 4.98 Å². The van der Waals surface area contributed by atoms with Gasteiger partial charge in [0.25, 0.3) is 11.5 Å². The summed E-state index contributed by atoms with van der Waals surface area (Å²) in [5, 5.41) is 1.16. The van der Waals surface area contributed by atoms with Gasteiger partial charge in [0.15, 0.2) is 0 Å². The number of halogens is 1. The fourth-order valence-corrected chi connectivity index (χ4v) is 4.02. The van der Waals surface area contributed by atoms with Crippen molar-refractivity contribution in [3.8, 4) is 0 Å². The topological polar surface area (TPSA) is 55.2 Å². The first-order valence-corrected chi connectivity index (χ1v) is 9.10. The molecule has 1 aromatic carbocycles. The Bertz CT molecular complexity index is 1010. The van der Waals surface area contributed by atoms with E-state index < -0.39 is 0 Å². The molecule has 25 heavy (non-hydrogen) atoms. The van der Waals surface area contributed by atoms with E-state index in [1.165, 1.54) is 22.2 Å². The number of nitrogens with zero attached hydrogens (tertiary/aromatic N) is 3. The van der Waals surface area contributed by atoms with Crippen molar-refractivity contribution >= 4 is 39.1 Å². The predicted molar refractivity (Wildman–Crippen MR) is 101 cm³/mol. The molecule has 0 spiro atoms. The van der Waals surface area contributed by atoms with Crippen molar-refractivity contribution in [1.29, 1.82) is 0 Å². The third-order valence-electron chi connectivity index (χ3n) is 4.19. The van der Waals surface area contributed by atoms with Crippen molar-refractivity contribution in [2.45, 2.75) is 20.4 Å². The van der Waals surface area contributed by atoms with Crippen molar-refractivity contribution in [3.63, 3.8) is 0 Å². The molecule has 0 radical (unpaired) electrons. The minimum Gasteiger partial charge on any atom is -0.334 e. The number of fused-ring (bicyclic) bond motifs is 1. The summed E-state index contributed by atoms with van der Waals surface area (Å²) in [5.41, 5.74) is 1.45. The molecule has 1 amide bonds. The van der Waals surface area contributed by atoms with Crippen LogP contribution in [0.15, 0.2) is 35.4 Å². The zero-order chi connectivity index (χ0) is 18.1. The molecule has 0 unspecified atom stereocenters. The summed E-state index contributed by atoms with van der Waals surface area (Å²) in [6.07, 6.45) is 1.48. The maximum atomic E-state index is 13.0. The molecule has 3 aromatic rings. The van der Waals surface area contributed by atoms with Crippen molar-refractivity contribution < 1.29 is 4.79 Å². The smallest absolute Gasteiger partial charge is 0.264 e. The van der Waals surface area contributed by atoms with Gasteiger partial charge in [0.2, 0.25) is 0 Å². The van der Waals surface area contributed by atoms with Gasteiger partial charge in [0, 0.05) is 25.2 Å². The third-order valence-corrected chi connectivity index (χ3v) is 5.75. The monoisotopic (exact) mass is 375 g/mol. The van der Waals surface area contributed by atoms with Gasteiger partial charge in [-0.2, -0.15) is 0 Å². The summed E-state index contributed by atoms with van der Waals surface area (Å²) >= 11 is 7.48. The highest BCUT2D eigenvalue weighted by Gasteiger charge is 2.23. The highest BCUT2D eigenvalue weighted by atomic mass is 35.5. The van der Waals surface area contributed by atoms with Crippen LogP contribution in [0.5, 0.6) is 0 Å². The maximum absolute atomic E-state index is 13.0. The predicted octanol–water partition coefficient (Wildman–Crippen LogP) is 3.62. The number of hydrogen-bond acceptors (Lipinski definition) is 4. The van der Waals surface area contributed by atoms with Gasteiger partial charge in [0.1, 0.15) is 4.83 Å². The molecule has 0 bridgehead atoms. The molecule has 5 nitrogen and oxygen atoms in total. The van der Waals surface area contributed by atoms with Crippen molar-refractivity contribution in [2.75, 3.05) is 6.54 Å². The summed E-state index contributed by atoms with van der Waals surface area (Å²) < 4.78 is 1.43. The van der Waals surface area contributed by atoms with E-state index in [1.807, 2.05) is 31.2 Å². The Kier molecular flexibility index (Phi) is 4.92. The van der Waals surface area contributed by atoms with Crippen molar-refractivity contribution in [2.24, 2.45) is 7.05 Å². The molecule has 0 atom stereocenters. The summed E-state index contributed by atoms with van der Waals surface area (Å²) in [6.45, 7) is 4.70. The lowest BCUT2D eigenvalue weighted by atomic mass is 10.1. The summed E-state index contributed by atoms with van der Waals surface area (Å²) in [5.74, 6) is -0.107. The SMILES string of the molecule is CCN(Cc1ccccc1Cl)C(=O)c1sc2ncn(C)c(=O)c2c1C. The average Bonchev–Trinajstić information content (AvgIpc) is 2.94. The van der Waals surface area contributed by atoms with Gasteiger partial charge in [0.05, 0.1) is 16.6 Å². The quantitative estimate of drug-likeness (QED) is 0.699. The second-order valence-electron chi connectivity index (χ2n) is 5.81. The second-order valence-corrected chi connectivity index (χ2v) is 7.21. The lowest BCUT2D eigenvalue weighted by Gasteiger charge is -2.21. The van der Waals surface area contributed by atoms with Crippen LogP contribution in [0, 0.1) is 6.92 Å². The van der Waals surface area contributed by atoms with E-state index in [-0.39, 0.29) is 11.5 Å². The summed E-state index contributed by atoms with van der Waals surface area (Å²) in [4.78, 5) is 32.5. The molecule has 7 heteroatoms. The first kappa shape index (κ1) is 17.6. The lowest BCUT2D eigenvalue weighted by Crippen LogP contribution is -2.30. The molecule has 3 rings (SSSR count). The van der Waals surface area contributed by atoms with E-state index in [0.29, 0.717) is 38.8 Å². The summed E-state index contributed by atoms with van der Waals surface area (Å²) in [7, 11) is 1.66. The standard InChI is InChI=1S/C18H18ClN3O2S/c1-4-22(9-12-7-5-6-8-13(12)19)18(24)15-11(2)14-16(25-15)20-10-21(3)17(14)23/h5-8,10H,4,9H2,1-3H3. The van der Waals surface area contributed by atoms with Gasteiger partial charge in [-0.15, -0.1) is 11.3 Å². The fourth-order valence-electron chi connectivity index (χ4n) is 2.72. The highest BCUT2D eigenvalue weighted by Crippen LogP contribution is 2.28. The molecular weight excluding hydrogens is 358 g/mol. The zero-order valence-corrected chi connectivity index (χ0v) is 15.8. The molecular formula is C18H18ClN3O2S. The Morgan fingerprint density at radius 1 is 1.36 bits per heavy atom. The van der Waals surface area contributed by atoms with Crippen LogP contribution in [-0.4, -0.2) is 26.9 Å². The lowest BCUT2D eigenvalue weighted by molar-refractivity contribution is 0.0757. The number of thiophene rings is 1. The maximum Gasteiger partial charge on any atom is 0.264 e. The van der Waals surface area contributed by atoms with Crippen LogP contribution in [0.4, 0.5) is 0 Å². The number of amides is 1. The normalized spacial score (nSPS) is 11.0. The zero-order valence-electron chi connectivity index (χ0n) is 14.2. The summed E-state index contributed by atoms with van der Waals surface area (Å²) in [6, 6.07) is 7.49. The van der Waals surface area contributed by atoms with Gasteiger partial charge < -0.3 is 9.47 Å². The molecule has 0 saturated heterocycles. The molecule has 0 aliphatic heterocycles. The van der Waals surface area contributed by atoms with Gasteiger partial charge in [-0.3, -0.25) is 9.59 Å². The molecule has 2 aromatic heterocycles. The number of rotatable bonds is 4. The van der Waals surface area contributed by atoms with Gasteiger partial charge in [-0.05, 0) is 31.0 Å². The van der Waals surface area contributed by atoms with Gasteiger partial charge in [-0.25, -0.2) is 4.98 Å². The van der Waals surface area contributed by atoms with Gasteiger partial charge >= 0.3 is 0 Å². The molecule has 0 aliphatic rings. The van der Waals surface area contributed by atoms with Crippen LogP contribution in [0.2, 0.25) is 5.02 Å². The van der Waals surface area contributed by atoms with E-state index in [9.17, 15) is 9.59 Å². The van der Waals surface area contributed by atoms with Crippen molar-refractivity contribution in [3.05, 3.63) is 62.0 Å². The van der Waals surface area contributed by atoms with Crippen molar-refractivity contribution in [1.82, 2.24) is 14.5 Å². The highest BCUT2D eigenvalue weighted by molar-refractivity contribution is 7.20. The van der Waals surface area contributed by atoms with Crippen LogP contribution in [-0.2, 0) is 13.6 Å². The van der Waals surface area contributed by atoms with E-state index in [1.54, 1.807) is 18.9 Å². The molecule has 0 N–H and O–H groups in total. The molecule has 0 fully saturated rings. The first-order chi connectivity index (χ1) is 11.9. The fraction of sp³-hybridized carbons (Fsp3) is 0.278. The molecule has 0 aliphatic carbocycles. The Morgan fingerprint density at radius 2 is 2.08 bits per heavy atom. The minimum atomic E-state index is -0.132. The van der Waals surface area contributed by atoms with Gasteiger partial charge in [-0.1, -0.05) is 29.8 Å². The van der Waals surface area contributed by atoms with Crippen LogP contribution in [0.3, 0.4) is 0 Å². The van der Waals surface area contributed by atoms with Crippen LogP contribution >= 0.6 is 22.9 Å². The second kappa shape index (κ2) is 6.98. The van der Waals surface area contributed by atoms with E-state index in [4.69, 9.17) is 11.6 Å². The first-order valence-electron chi connectivity index (χ1n) is 7.91. The number of carbonyl (C=O) groups is 1. The van der Waals surface area contributed by atoms with E-state index in [0.717, 1.165) is 5.56 Å². The van der Waals surface area contributed by atoms with Crippen LogP contribution in [0.25, 0.3) is 10.2 Å². The number of aryl methyl sites for hydroxylation is 2. The number of benzene rings is 1. The molecule has 130 valence electrons. The largest absolute Gasteiger partial charge is 0.334 e. The van der Waals surface area contributed by atoms with E-state index >= 15 is 0 Å². The Balaban J connectivity index is 2.00. The minimum absolute atomic E-state index is 0.107.